The van der Waals surface area contributed by atoms with E-state index in [1.807, 2.05) is 22.9 Å². The third-order valence-electron chi connectivity index (χ3n) is 5.71. The molecule has 1 aliphatic rings. The first-order chi connectivity index (χ1) is 9.75. The highest BCUT2D eigenvalue weighted by Crippen LogP contribution is 2.68. The number of tetrazole rings is 1. The fraction of sp³-hybridized carbons (Fsp3) is 0.562. The van der Waals surface area contributed by atoms with Crippen molar-refractivity contribution in [3.05, 3.63) is 23.8 Å². The zero-order valence-corrected chi connectivity index (χ0v) is 13.4. The van der Waals surface area contributed by atoms with Gasteiger partial charge >= 0.3 is 0 Å². The molecule has 1 aliphatic carbocycles. The maximum Gasteiger partial charge on any atom is 0.182 e. The maximum absolute atomic E-state index is 5.91. The molecule has 0 atom stereocenters. The van der Waals surface area contributed by atoms with E-state index in [4.69, 9.17) is 5.73 Å². The van der Waals surface area contributed by atoms with Gasteiger partial charge in [-0.3, -0.25) is 0 Å². The molecule has 0 unspecified atom stereocenters. The predicted octanol–water partition coefficient (Wildman–Crippen LogP) is 2.91. The van der Waals surface area contributed by atoms with Gasteiger partial charge in [0.15, 0.2) is 5.82 Å². The SMILES string of the molecule is Cc1ccc(N)cc1-c1nnnn1CC1C(C)(C)C1(C)C. The van der Waals surface area contributed by atoms with Crippen LogP contribution in [0.15, 0.2) is 18.2 Å². The molecule has 1 fully saturated rings. The molecule has 0 radical (unpaired) electrons. The predicted molar refractivity (Wildman–Crippen MR) is 83.5 cm³/mol. The van der Waals surface area contributed by atoms with Gasteiger partial charge in [-0.05, 0) is 51.8 Å². The summed E-state index contributed by atoms with van der Waals surface area (Å²) in [6.07, 6.45) is 0. The molecule has 5 nitrogen and oxygen atoms in total. The van der Waals surface area contributed by atoms with Crippen molar-refractivity contribution >= 4 is 5.69 Å². The highest BCUT2D eigenvalue weighted by atomic mass is 15.5. The number of rotatable bonds is 3. The second-order valence-corrected chi connectivity index (χ2v) is 7.25. The summed E-state index contributed by atoms with van der Waals surface area (Å²) in [5.41, 5.74) is 9.42. The lowest BCUT2D eigenvalue weighted by Crippen LogP contribution is -2.09. The van der Waals surface area contributed by atoms with Crippen LogP contribution in [0.3, 0.4) is 0 Å². The van der Waals surface area contributed by atoms with E-state index in [-0.39, 0.29) is 0 Å². The van der Waals surface area contributed by atoms with Crippen LogP contribution >= 0.6 is 0 Å². The molecule has 3 rings (SSSR count). The molecule has 0 spiro atoms. The minimum absolute atomic E-state index is 0.320. The number of nitrogens with zero attached hydrogens (tertiary/aromatic N) is 4. The number of aromatic nitrogens is 4. The van der Waals surface area contributed by atoms with Gasteiger partial charge in [0.25, 0.3) is 0 Å². The van der Waals surface area contributed by atoms with Gasteiger partial charge in [0.2, 0.25) is 0 Å². The van der Waals surface area contributed by atoms with Gasteiger partial charge in [0, 0.05) is 17.8 Å². The number of anilines is 1. The van der Waals surface area contributed by atoms with Crippen LogP contribution in [0.5, 0.6) is 0 Å². The van der Waals surface area contributed by atoms with Crippen LogP contribution in [0, 0.1) is 23.7 Å². The largest absolute Gasteiger partial charge is 0.399 e. The van der Waals surface area contributed by atoms with Crippen molar-refractivity contribution in [2.45, 2.75) is 41.2 Å². The Bertz CT molecular complexity index is 670. The van der Waals surface area contributed by atoms with E-state index in [2.05, 4.69) is 50.1 Å². The number of hydrogen-bond donors (Lipinski definition) is 1. The smallest absolute Gasteiger partial charge is 0.182 e. The lowest BCUT2D eigenvalue weighted by atomic mass is 10.0. The molecular weight excluding hydrogens is 262 g/mol. The van der Waals surface area contributed by atoms with Gasteiger partial charge in [0.05, 0.1) is 0 Å². The average Bonchev–Trinajstić information content (AvgIpc) is 2.76. The van der Waals surface area contributed by atoms with Crippen molar-refractivity contribution < 1.29 is 0 Å². The molecule has 0 saturated heterocycles. The Hall–Kier alpha value is -1.91. The third-order valence-corrected chi connectivity index (χ3v) is 5.71. The van der Waals surface area contributed by atoms with Crippen LogP contribution in [0.4, 0.5) is 5.69 Å². The number of benzene rings is 1. The van der Waals surface area contributed by atoms with Crippen LogP contribution in [0.25, 0.3) is 11.4 Å². The molecule has 0 bridgehead atoms. The van der Waals surface area contributed by atoms with Gasteiger partial charge in [-0.2, -0.15) is 0 Å². The second kappa shape index (κ2) is 4.29. The second-order valence-electron chi connectivity index (χ2n) is 7.25. The van der Waals surface area contributed by atoms with Gasteiger partial charge < -0.3 is 5.73 Å². The number of nitrogen functional groups attached to an aromatic ring is 1. The van der Waals surface area contributed by atoms with E-state index in [0.29, 0.717) is 16.7 Å². The molecule has 0 amide bonds. The molecule has 1 aromatic carbocycles. The lowest BCUT2D eigenvalue weighted by molar-refractivity contribution is 0.457. The van der Waals surface area contributed by atoms with Crippen molar-refractivity contribution in [3.63, 3.8) is 0 Å². The van der Waals surface area contributed by atoms with Gasteiger partial charge in [-0.25, -0.2) is 4.68 Å². The number of aryl methyl sites for hydroxylation is 1. The van der Waals surface area contributed by atoms with Crippen molar-refractivity contribution in [2.75, 3.05) is 5.73 Å². The van der Waals surface area contributed by atoms with Crippen molar-refractivity contribution in [2.24, 2.45) is 16.7 Å². The summed E-state index contributed by atoms with van der Waals surface area (Å²) in [6.45, 7) is 12.1. The van der Waals surface area contributed by atoms with E-state index in [1.165, 1.54) is 0 Å². The van der Waals surface area contributed by atoms with Crippen molar-refractivity contribution in [1.82, 2.24) is 20.2 Å². The average molecular weight is 285 g/mol. The van der Waals surface area contributed by atoms with Crippen LogP contribution < -0.4 is 5.73 Å². The molecular formula is C16H23N5. The fourth-order valence-electron chi connectivity index (χ4n) is 3.36. The molecule has 112 valence electrons. The van der Waals surface area contributed by atoms with E-state index in [1.54, 1.807) is 0 Å². The molecule has 21 heavy (non-hydrogen) atoms. The Labute approximate surface area is 125 Å². The first-order valence-electron chi connectivity index (χ1n) is 7.38. The minimum atomic E-state index is 0.320. The highest BCUT2D eigenvalue weighted by Gasteiger charge is 2.64. The summed E-state index contributed by atoms with van der Waals surface area (Å²) in [5, 5.41) is 12.3. The third kappa shape index (κ3) is 2.03. The minimum Gasteiger partial charge on any atom is -0.399 e. The maximum atomic E-state index is 5.91. The Kier molecular flexibility index (Phi) is 2.87. The zero-order valence-electron chi connectivity index (χ0n) is 13.4. The van der Waals surface area contributed by atoms with Crippen LogP contribution in [0.2, 0.25) is 0 Å². The first kappa shape index (κ1) is 14.0. The summed E-state index contributed by atoms with van der Waals surface area (Å²) in [5.74, 6) is 1.38. The number of nitrogens with two attached hydrogens (primary N) is 1. The summed E-state index contributed by atoms with van der Waals surface area (Å²) in [4.78, 5) is 0. The van der Waals surface area contributed by atoms with Crippen molar-refractivity contribution in [3.8, 4) is 11.4 Å². The van der Waals surface area contributed by atoms with Gasteiger partial charge in [-0.1, -0.05) is 33.8 Å². The van der Waals surface area contributed by atoms with E-state index < -0.39 is 0 Å². The zero-order chi connectivity index (χ0) is 15.4. The Balaban J connectivity index is 1.94. The van der Waals surface area contributed by atoms with E-state index >= 15 is 0 Å². The van der Waals surface area contributed by atoms with Crippen molar-refractivity contribution in [1.29, 1.82) is 0 Å². The molecule has 5 heteroatoms. The molecule has 2 N–H and O–H groups in total. The highest BCUT2D eigenvalue weighted by molar-refractivity contribution is 5.65. The summed E-state index contributed by atoms with van der Waals surface area (Å²) >= 11 is 0. The Morgan fingerprint density at radius 2 is 1.86 bits per heavy atom. The molecule has 1 heterocycles. The van der Waals surface area contributed by atoms with Crippen LogP contribution in [0.1, 0.15) is 33.3 Å². The summed E-state index contributed by atoms with van der Waals surface area (Å²) in [6, 6.07) is 5.86. The Morgan fingerprint density at radius 3 is 2.48 bits per heavy atom. The van der Waals surface area contributed by atoms with Crippen LogP contribution in [-0.2, 0) is 6.54 Å². The summed E-state index contributed by atoms with van der Waals surface area (Å²) < 4.78 is 1.92. The van der Waals surface area contributed by atoms with E-state index in [0.717, 1.165) is 29.2 Å². The van der Waals surface area contributed by atoms with Crippen LogP contribution in [-0.4, -0.2) is 20.2 Å². The number of hydrogen-bond acceptors (Lipinski definition) is 4. The lowest BCUT2D eigenvalue weighted by Gasteiger charge is -2.09. The molecule has 0 aliphatic heterocycles. The first-order valence-corrected chi connectivity index (χ1v) is 7.38. The van der Waals surface area contributed by atoms with Gasteiger partial charge in [-0.15, -0.1) is 5.10 Å². The molecule has 2 aromatic rings. The quantitative estimate of drug-likeness (QED) is 0.880. The Morgan fingerprint density at radius 1 is 1.19 bits per heavy atom. The fourth-order valence-corrected chi connectivity index (χ4v) is 3.36. The molecule has 1 saturated carbocycles. The monoisotopic (exact) mass is 285 g/mol. The van der Waals surface area contributed by atoms with Gasteiger partial charge in [0.1, 0.15) is 0 Å². The molecule has 1 aromatic heterocycles. The topological polar surface area (TPSA) is 69.6 Å². The normalized spacial score (nSPS) is 19.7. The van der Waals surface area contributed by atoms with E-state index in [9.17, 15) is 0 Å². The standard InChI is InChI=1S/C16H23N5/c1-10-6-7-11(17)8-12(10)14-18-19-20-21(14)9-13-15(2,3)16(13,4)5/h6-8,13H,9,17H2,1-5H3. The summed E-state index contributed by atoms with van der Waals surface area (Å²) in [7, 11) is 0.